The average Bonchev–Trinajstić information content (AvgIpc) is 1.99. The van der Waals surface area contributed by atoms with Crippen LogP contribution in [0.15, 0.2) is 11.6 Å². The molecule has 70 valence electrons. The van der Waals surface area contributed by atoms with Gasteiger partial charge in [0.1, 0.15) is 0 Å². The van der Waals surface area contributed by atoms with Gasteiger partial charge in [-0.1, -0.05) is 26.8 Å². The first-order valence-electron chi connectivity index (χ1n) is 4.88. The molecule has 3 atom stereocenters. The molecular weight excluding hydrogens is 148 g/mol. The third-order valence-corrected chi connectivity index (χ3v) is 2.98. The van der Waals surface area contributed by atoms with Gasteiger partial charge >= 0.3 is 0 Å². The van der Waals surface area contributed by atoms with Crippen molar-refractivity contribution in [3.05, 3.63) is 11.6 Å². The SMILES string of the molecule is CC1=CC(C(C)C)CC(C)C1O. The van der Waals surface area contributed by atoms with Crippen molar-refractivity contribution >= 4 is 0 Å². The monoisotopic (exact) mass is 168 g/mol. The first-order valence-corrected chi connectivity index (χ1v) is 4.88. The summed E-state index contributed by atoms with van der Waals surface area (Å²) in [5.41, 5.74) is 1.16. The zero-order valence-electron chi connectivity index (χ0n) is 8.54. The van der Waals surface area contributed by atoms with Crippen molar-refractivity contribution in [3.63, 3.8) is 0 Å². The maximum Gasteiger partial charge on any atom is 0.0773 e. The first-order chi connectivity index (χ1) is 5.52. The zero-order chi connectivity index (χ0) is 9.30. The van der Waals surface area contributed by atoms with Crippen LogP contribution in [-0.2, 0) is 0 Å². The highest BCUT2D eigenvalue weighted by Crippen LogP contribution is 2.32. The van der Waals surface area contributed by atoms with Crippen molar-refractivity contribution < 1.29 is 5.11 Å². The van der Waals surface area contributed by atoms with E-state index in [9.17, 15) is 5.11 Å². The van der Waals surface area contributed by atoms with Gasteiger partial charge in [0, 0.05) is 0 Å². The lowest BCUT2D eigenvalue weighted by Gasteiger charge is -2.31. The van der Waals surface area contributed by atoms with E-state index in [1.54, 1.807) is 0 Å². The number of hydrogen-bond acceptors (Lipinski definition) is 1. The summed E-state index contributed by atoms with van der Waals surface area (Å²) in [6.07, 6.45) is 3.19. The molecule has 1 nitrogen and oxygen atoms in total. The predicted octanol–water partition coefficient (Wildman–Crippen LogP) is 2.61. The Labute approximate surface area is 75.5 Å². The molecule has 3 unspecified atom stereocenters. The van der Waals surface area contributed by atoms with Crippen LogP contribution in [0.4, 0.5) is 0 Å². The molecule has 0 fully saturated rings. The smallest absolute Gasteiger partial charge is 0.0773 e. The minimum absolute atomic E-state index is 0.194. The normalized spacial score (nSPS) is 36.8. The van der Waals surface area contributed by atoms with Gasteiger partial charge in [-0.05, 0) is 36.7 Å². The van der Waals surface area contributed by atoms with E-state index in [-0.39, 0.29) is 6.10 Å². The van der Waals surface area contributed by atoms with Gasteiger partial charge in [-0.25, -0.2) is 0 Å². The quantitative estimate of drug-likeness (QED) is 0.597. The lowest BCUT2D eigenvalue weighted by Crippen LogP contribution is -2.28. The van der Waals surface area contributed by atoms with Crippen molar-refractivity contribution in [3.8, 4) is 0 Å². The summed E-state index contributed by atoms with van der Waals surface area (Å²) >= 11 is 0. The fourth-order valence-corrected chi connectivity index (χ4v) is 1.98. The van der Waals surface area contributed by atoms with Crippen molar-refractivity contribution in [1.82, 2.24) is 0 Å². The van der Waals surface area contributed by atoms with Gasteiger partial charge in [0.25, 0.3) is 0 Å². The molecule has 1 N–H and O–H groups in total. The standard InChI is InChI=1S/C11H20O/c1-7(2)10-5-8(3)11(12)9(4)6-10/h5,7,9-12H,6H2,1-4H3. The molecule has 1 rings (SSSR count). The molecule has 0 aromatic rings. The van der Waals surface area contributed by atoms with Crippen LogP contribution in [0.2, 0.25) is 0 Å². The third kappa shape index (κ3) is 1.89. The Bertz CT molecular complexity index is 181. The summed E-state index contributed by atoms with van der Waals surface area (Å²) in [6, 6.07) is 0. The first kappa shape index (κ1) is 9.79. The molecule has 1 heteroatoms. The topological polar surface area (TPSA) is 20.2 Å². The van der Waals surface area contributed by atoms with Gasteiger partial charge in [0.2, 0.25) is 0 Å². The molecule has 0 spiro atoms. The number of aliphatic hydroxyl groups excluding tert-OH is 1. The van der Waals surface area contributed by atoms with E-state index >= 15 is 0 Å². The second-order valence-electron chi connectivity index (χ2n) is 4.48. The van der Waals surface area contributed by atoms with Crippen LogP contribution in [0.1, 0.15) is 34.1 Å². The molecule has 0 aromatic carbocycles. The van der Waals surface area contributed by atoms with Crippen LogP contribution < -0.4 is 0 Å². The maximum atomic E-state index is 9.68. The Morgan fingerprint density at radius 1 is 1.50 bits per heavy atom. The van der Waals surface area contributed by atoms with E-state index in [1.807, 2.05) is 6.92 Å². The van der Waals surface area contributed by atoms with Gasteiger partial charge in [-0.2, -0.15) is 0 Å². The summed E-state index contributed by atoms with van der Waals surface area (Å²) in [7, 11) is 0. The van der Waals surface area contributed by atoms with Gasteiger partial charge in [-0.3, -0.25) is 0 Å². The lowest BCUT2D eigenvalue weighted by atomic mass is 9.77. The van der Waals surface area contributed by atoms with Crippen LogP contribution in [0.3, 0.4) is 0 Å². The minimum Gasteiger partial charge on any atom is -0.388 e. The fraction of sp³-hybridized carbons (Fsp3) is 0.818. The Kier molecular flexibility index (Phi) is 2.94. The zero-order valence-corrected chi connectivity index (χ0v) is 8.54. The summed E-state index contributed by atoms with van der Waals surface area (Å²) in [5.74, 6) is 1.81. The second kappa shape index (κ2) is 3.61. The van der Waals surface area contributed by atoms with Gasteiger partial charge in [0.05, 0.1) is 6.10 Å². The van der Waals surface area contributed by atoms with E-state index in [4.69, 9.17) is 0 Å². The molecule has 0 bridgehead atoms. The van der Waals surface area contributed by atoms with Crippen LogP contribution in [0.5, 0.6) is 0 Å². The fourth-order valence-electron chi connectivity index (χ4n) is 1.98. The number of hydrogen-bond donors (Lipinski definition) is 1. The minimum atomic E-state index is -0.194. The van der Waals surface area contributed by atoms with E-state index in [2.05, 4.69) is 26.8 Å². The van der Waals surface area contributed by atoms with Gasteiger partial charge in [-0.15, -0.1) is 0 Å². The average molecular weight is 168 g/mol. The largest absolute Gasteiger partial charge is 0.388 e. The van der Waals surface area contributed by atoms with Gasteiger partial charge in [0.15, 0.2) is 0 Å². The van der Waals surface area contributed by atoms with Crippen molar-refractivity contribution in [2.75, 3.05) is 0 Å². The molecular formula is C11H20O. The number of aliphatic hydroxyl groups is 1. The molecule has 1 aliphatic carbocycles. The summed E-state index contributed by atoms with van der Waals surface area (Å²) in [4.78, 5) is 0. The Morgan fingerprint density at radius 3 is 2.50 bits per heavy atom. The molecule has 0 saturated carbocycles. The van der Waals surface area contributed by atoms with Gasteiger partial charge < -0.3 is 5.11 Å². The van der Waals surface area contributed by atoms with E-state index in [0.29, 0.717) is 17.8 Å². The predicted molar refractivity (Wildman–Crippen MR) is 51.9 cm³/mol. The maximum absolute atomic E-state index is 9.68. The van der Waals surface area contributed by atoms with Crippen LogP contribution in [0, 0.1) is 17.8 Å². The summed E-state index contributed by atoms with van der Waals surface area (Å²) < 4.78 is 0. The van der Waals surface area contributed by atoms with Crippen molar-refractivity contribution in [2.45, 2.75) is 40.2 Å². The highest BCUT2D eigenvalue weighted by molar-refractivity contribution is 5.12. The van der Waals surface area contributed by atoms with E-state index in [0.717, 1.165) is 12.0 Å². The molecule has 0 aromatic heterocycles. The Balaban J connectivity index is 2.73. The van der Waals surface area contributed by atoms with Crippen LogP contribution >= 0.6 is 0 Å². The molecule has 0 amide bonds. The molecule has 0 aliphatic heterocycles. The Hall–Kier alpha value is -0.300. The van der Waals surface area contributed by atoms with E-state index in [1.165, 1.54) is 0 Å². The molecule has 0 saturated heterocycles. The van der Waals surface area contributed by atoms with Crippen LogP contribution in [-0.4, -0.2) is 11.2 Å². The highest BCUT2D eigenvalue weighted by atomic mass is 16.3. The van der Waals surface area contributed by atoms with Crippen molar-refractivity contribution in [1.29, 1.82) is 0 Å². The molecule has 12 heavy (non-hydrogen) atoms. The van der Waals surface area contributed by atoms with Crippen molar-refractivity contribution in [2.24, 2.45) is 17.8 Å². The van der Waals surface area contributed by atoms with E-state index < -0.39 is 0 Å². The summed E-state index contributed by atoms with van der Waals surface area (Å²) in [6.45, 7) is 8.67. The lowest BCUT2D eigenvalue weighted by molar-refractivity contribution is 0.120. The number of allylic oxidation sites excluding steroid dienone is 1. The second-order valence-corrected chi connectivity index (χ2v) is 4.48. The molecule has 0 heterocycles. The Morgan fingerprint density at radius 2 is 2.08 bits per heavy atom. The third-order valence-electron chi connectivity index (χ3n) is 2.98. The highest BCUT2D eigenvalue weighted by Gasteiger charge is 2.26. The molecule has 0 radical (unpaired) electrons. The number of rotatable bonds is 1. The summed E-state index contributed by atoms with van der Waals surface area (Å²) in [5, 5.41) is 9.68. The van der Waals surface area contributed by atoms with Crippen LogP contribution in [0.25, 0.3) is 0 Å². The molecule has 1 aliphatic rings.